The smallest absolute Gasteiger partial charge is 0.0641 e. The van der Waals surface area contributed by atoms with Crippen molar-refractivity contribution in [2.45, 2.75) is 13.0 Å². The molecule has 0 aliphatic carbocycles. The lowest BCUT2D eigenvalue weighted by Crippen LogP contribution is -2.27. The lowest BCUT2D eigenvalue weighted by atomic mass is 10.2. The molecule has 0 saturated carbocycles. The van der Waals surface area contributed by atoms with Gasteiger partial charge in [-0.3, -0.25) is 4.98 Å². The molecule has 0 aromatic carbocycles. The van der Waals surface area contributed by atoms with Crippen molar-refractivity contribution in [1.82, 2.24) is 4.98 Å². The molecule has 1 fully saturated rings. The Labute approximate surface area is 90.0 Å². The molecule has 0 amide bonds. The Balaban J connectivity index is 2.18. The molecular weight excluding hydrogens is 190 g/mol. The largest absolute Gasteiger partial charge is 0.380 e. The summed E-state index contributed by atoms with van der Waals surface area (Å²) in [5.41, 5.74) is 8.02. The lowest BCUT2D eigenvalue weighted by Gasteiger charge is -2.24. The van der Waals surface area contributed by atoms with Crippen molar-refractivity contribution < 1.29 is 4.74 Å². The Bertz CT molecular complexity index is 308. The van der Waals surface area contributed by atoms with Crippen molar-refractivity contribution in [2.75, 3.05) is 31.2 Å². The number of ether oxygens (including phenoxy) is 1. The van der Waals surface area contributed by atoms with Gasteiger partial charge < -0.3 is 15.4 Å². The topological polar surface area (TPSA) is 51.4 Å². The van der Waals surface area contributed by atoms with Crippen LogP contribution in [0.4, 0.5) is 5.69 Å². The van der Waals surface area contributed by atoms with Crippen molar-refractivity contribution in [3.8, 4) is 0 Å². The molecule has 2 heterocycles. The second-order valence-electron chi connectivity index (χ2n) is 3.66. The van der Waals surface area contributed by atoms with Crippen molar-refractivity contribution in [3.63, 3.8) is 0 Å². The van der Waals surface area contributed by atoms with Crippen LogP contribution in [-0.2, 0) is 11.3 Å². The molecule has 0 radical (unpaired) electrons. The van der Waals surface area contributed by atoms with Gasteiger partial charge in [-0.05, 0) is 12.5 Å². The van der Waals surface area contributed by atoms with Crippen LogP contribution in [0.2, 0.25) is 0 Å². The van der Waals surface area contributed by atoms with Crippen LogP contribution in [0.1, 0.15) is 12.0 Å². The van der Waals surface area contributed by atoms with E-state index in [-0.39, 0.29) is 0 Å². The molecule has 0 bridgehead atoms. The van der Waals surface area contributed by atoms with Crippen molar-refractivity contribution in [1.29, 1.82) is 0 Å². The molecule has 2 rings (SSSR count). The van der Waals surface area contributed by atoms with Gasteiger partial charge in [-0.2, -0.15) is 0 Å². The van der Waals surface area contributed by atoms with E-state index in [0.29, 0.717) is 6.54 Å². The van der Waals surface area contributed by atoms with Crippen molar-refractivity contribution in [2.24, 2.45) is 5.73 Å². The Morgan fingerprint density at radius 1 is 1.40 bits per heavy atom. The van der Waals surface area contributed by atoms with E-state index in [1.54, 1.807) is 0 Å². The highest BCUT2D eigenvalue weighted by Gasteiger charge is 2.12. The molecule has 4 heteroatoms. The van der Waals surface area contributed by atoms with Crippen LogP contribution >= 0.6 is 0 Å². The summed E-state index contributed by atoms with van der Waals surface area (Å²) in [4.78, 5) is 6.43. The van der Waals surface area contributed by atoms with E-state index >= 15 is 0 Å². The molecule has 1 saturated heterocycles. The van der Waals surface area contributed by atoms with Gasteiger partial charge in [0.25, 0.3) is 0 Å². The van der Waals surface area contributed by atoms with E-state index in [1.165, 1.54) is 5.69 Å². The minimum atomic E-state index is 0.542. The third kappa shape index (κ3) is 2.46. The first-order chi connectivity index (χ1) is 7.42. The number of anilines is 1. The van der Waals surface area contributed by atoms with Crippen LogP contribution < -0.4 is 10.6 Å². The van der Waals surface area contributed by atoms with Crippen LogP contribution in [0, 0.1) is 0 Å². The molecule has 2 N–H and O–H groups in total. The lowest BCUT2D eigenvalue weighted by molar-refractivity contribution is 0.152. The fourth-order valence-corrected chi connectivity index (χ4v) is 1.87. The van der Waals surface area contributed by atoms with E-state index in [0.717, 1.165) is 38.3 Å². The maximum atomic E-state index is 5.70. The predicted molar refractivity (Wildman–Crippen MR) is 59.8 cm³/mol. The van der Waals surface area contributed by atoms with Crippen LogP contribution in [0.25, 0.3) is 0 Å². The van der Waals surface area contributed by atoms with Crippen LogP contribution in [0.5, 0.6) is 0 Å². The number of nitrogens with zero attached hydrogens (tertiary/aromatic N) is 2. The van der Waals surface area contributed by atoms with Crippen molar-refractivity contribution >= 4 is 5.69 Å². The molecule has 1 aromatic heterocycles. The second-order valence-corrected chi connectivity index (χ2v) is 3.66. The summed E-state index contributed by atoms with van der Waals surface area (Å²) in [6.07, 6.45) is 4.74. The van der Waals surface area contributed by atoms with Gasteiger partial charge in [0.05, 0.1) is 6.61 Å². The molecule has 0 spiro atoms. The Kier molecular flexibility index (Phi) is 3.53. The Morgan fingerprint density at radius 2 is 2.33 bits per heavy atom. The van der Waals surface area contributed by atoms with E-state index < -0.39 is 0 Å². The number of pyridine rings is 1. The highest BCUT2D eigenvalue weighted by atomic mass is 16.5. The second kappa shape index (κ2) is 5.09. The zero-order valence-corrected chi connectivity index (χ0v) is 8.85. The molecule has 15 heavy (non-hydrogen) atoms. The van der Waals surface area contributed by atoms with Gasteiger partial charge in [-0.15, -0.1) is 0 Å². The summed E-state index contributed by atoms with van der Waals surface area (Å²) in [6, 6.07) is 2.04. The first-order valence-electron chi connectivity index (χ1n) is 5.37. The van der Waals surface area contributed by atoms with Crippen molar-refractivity contribution in [3.05, 3.63) is 24.0 Å². The van der Waals surface area contributed by atoms with Crippen LogP contribution in [0.3, 0.4) is 0 Å². The van der Waals surface area contributed by atoms with Gasteiger partial charge in [0.1, 0.15) is 0 Å². The summed E-state index contributed by atoms with van der Waals surface area (Å²) in [5.74, 6) is 0. The van der Waals surface area contributed by atoms with E-state index in [9.17, 15) is 0 Å². The SMILES string of the molecule is NCc1cnccc1N1CCCOCC1. The van der Waals surface area contributed by atoms with Crippen LogP contribution in [-0.4, -0.2) is 31.3 Å². The van der Waals surface area contributed by atoms with Gasteiger partial charge in [-0.1, -0.05) is 0 Å². The number of rotatable bonds is 2. The number of aromatic nitrogens is 1. The summed E-state index contributed by atoms with van der Waals surface area (Å²) in [6.45, 7) is 4.18. The molecule has 4 nitrogen and oxygen atoms in total. The summed E-state index contributed by atoms with van der Waals surface area (Å²) < 4.78 is 5.43. The van der Waals surface area contributed by atoms with E-state index in [2.05, 4.69) is 9.88 Å². The van der Waals surface area contributed by atoms with Gasteiger partial charge in [0.15, 0.2) is 0 Å². The summed E-state index contributed by atoms with van der Waals surface area (Å²) in [7, 11) is 0. The average Bonchev–Trinajstić information content (AvgIpc) is 2.57. The molecular formula is C11H17N3O. The highest BCUT2D eigenvalue weighted by Crippen LogP contribution is 2.19. The maximum Gasteiger partial charge on any atom is 0.0641 e. The Morgan fingerprint density at radius 3 is 3.20 bits per heavy atom. The molecule has 82 valence electrons. The number of hydrogen-bond acceptors (Lipinski definition) is 4. The fourth-order valence-electron chi connectivity index (χ4n) is 1.87. The quantitative estimate of drug-likeness (QED) is 0.778. The molecule has 0 unspecified atom stereocenters. The average molecular weight is 207 g/mol. The fraction of sp³-hybridized carbons (Fsp3) is 0.545. The first-order valence-corrected chi connectivity index (χ1v) is 5.37. The normalized spacial score (nSPS) is 17.5. The molecule has 1 aliphatic rings. The zero-order valence-electron chi connectivity index (χ0n) is 8.85. The van der Waals surface area contributed by atoms with Gasteiger partial charge in [0, 0.05) is 49.9 Å². The molecule has 1 aromatic rings. The summed E-state index contributed by atoms with van der Waals surface area (Å²) >= 11 is 0. The molecule has 0 atom stereocenters. The highest BCUT2D eigenvalue weighted by molar-refractivity contribution is 5.52. The number of nitrogens with two attached hydrogens (primary N) is 1. The minimum Gasteiger partial charge on any atom is -0.380 e. The minimum absolute atomic E-state index is 0.542. The predicted octanol–water partition coefficient (Wildman–Crippen LogP) is 0.767. The maximum absolute atomic E-state index is 5.70. The summed E-state index contributed by atoms with van der Waals surface area (Å²) in [5, 5.41) is 0. The first kappa shape index (κ1) is 10.4. The monoisotopic (exact) mass is 207 g/mol. The third-order valence-corrected chi connectivity index (χ3v) is 2.66. The Hall–Kier alpha value is -1.13. The van der Waals surface area contributed by atoms with E-state index in [4.69, 9.17) is 10.5 Å². The zero-order chi connectivity index (χ0) is 10.5. The van der Waals surface area contributed by atoms with Crippen LogP contribution in [0.15, 0.2) is 18.5 Å². The van der Waals surface area contributed by atoms with E-state index in [1.807, 2.05) is 18.5 Å². The molecule has 1 aliphatic heterocycles. The van der Waals surface area contributed by atoms with Gasteiger partial charge >= 0.3 is 0 Å². The standard InChI is InChI=1S/C11H17N3O/c12-8-10-9-13-3-2-11(10)14-4-1-6-15-7-5-14/h2-3,9H,1,4-8,12H2. The third-order valence-electron chi connectivity index (χ3n) is 2.66. The number of hydrogen-bond donors (Lipinski definition) is 1. The van der Waals surface area contributed by atoms with Gasteiger partial charge in [-0.25, -0.2) is 0 Å². The van der Waals surface area contributed by atoms with Gasteiger partial charge in [0.2, 0.25) is 0 Å².